The summed E-state index contributed by atoms with van der Waals surface area (Å²) < 4.78 is 23.3. The molecule has 9 heteroatoms. The molecule has 1 radical (unpaired) electrons. The second kappa shape index (κ2) is 2.83. The molecule has 53 valence electrons. The number of hydrogen-bond donors (Lipinski definition) is 3. The number of rotatable bonds is 2. The smallest absolute Gasteiger partial charge is 0.340 e. The molecule has 0 heterocycles. The molecule has 0 amide bonds. The van der Waals surface area contributed by atoms with Crippen molar-refractivity contribution in [3.8, 4) is 0 Å². The van der Waals surface area contributed by atoms with Crippen LogP contribution >= 0.6 is 14.1 Å². The molecule has 0 saturated heterocycles. The van der Waals surface area contributed by atoms with Crippen molar-refractivity contribution in [3.63, 3.8) is 0 Å². The van der Waals surface area contributed by atoms with Crippen LogP contribution in [-0.4, -0.2) is 30.5 Å². The lowest BCUT2D eigenvalue weighted by Gasteiger charge is -2.07. The highest BCUT2D eigenvalue weighted by Gasteiger charge is 2.23. The molecule has 0 rings (SSSR count). The minimum absolute atomic E-state index is 0.490. The van der Waals surface area contributed by atoms with Crippen molar-refractivity contribution in [2.45, 2.75) is 0 Å². The van der Waals surface area contributed by atoms with Crippen LogP contribution in [0.1, 0.15) is 0 Å². The van der Waals surface area contributed by atoms with E-state index in [4.69, 9.17) is 14.7 Å². The van der Waals surface area contributed by atoms with E-state index in [1.165, 1.54) is 0 Å². The van der Waals surface area contributed by atoms with Gasteiger partial charge in [0.05, 0.1) is 0 Å². The Kier molecular flexibility index (Phi) is 3.09. The first kappa shape index (κ1) is 9.83. The zero-order valence-electron chi connectivity index (χ0n) is 4.17. The highest BCUT2D eigenvalue weighted by atomic mass is 31.4. The monoisotopic (exact) mass is 189 g/mol. The van der Waals surface area contributed by atoms with E-state index in [0.717, 1.165) is 0 Å². The Morgan fingerprint density at radius 1 is 1.22 bits per heavy atom. The largest absolute Gasteiger partial charge is 0.475 e. The highest BCUT2D eigenvalue weighted by molar-refractivity contribution is 7.82. The molecule has 0 aromatic carbocycles. The van der Waals surface area contributed by atoms with Crippen molar-refractivity contribution < 1.29 is 28.1 Å². The molecule has 0 fully saturated rings. The summed E-state index contributed by atoms with van der Waals surface area (Å²) in [5.74, 6) is 0. The molecule has 0 aliphatic rings. The second-order valence-electron chi connectivity index (χ2n) is 1.21. The summed E-state index contributed by atoms with van der Waals surface area (Å²) in [4.78, 5) is 24.0. The van der Waals surface area contributed by atoms with E-state index in [-0.39, 0.29) is 0 Å². The Morgan fingerprint density at radius 2 is 1.56 bits per heavy atom. The predicted octanol–water partition coefficient (Wildman–Crippen LogP) is -0.903. The summed E-state index contributed by atoms with van der Waals surface area (Å²) in [6.07, 6.45) is -4.02. The van der Waals surface area contributed by atoms with Crippen LogP contribution in [0.15, 0.2) is 0 Å². The lowest BCUT2D eigenvalue weighted by Crippen LogP contribution is -1.85. The van der Waals surface area contributed by atoms with E-state index in [9.17, 15) is 9.13 Å². The van der Waals surface area contributed by atoms with Crippen molar-refractivity contribution in [2.24, 2.45) is 0 Å². The molecule has 0 spiro atoms. The van der Waals surface area contributed by atoms with Crippen LogP contribution in [0.3, 0.4) is 0 Å². The zero-order valence-corrected chi connectivity index (χ0v) is 7.37. The Balaban J connectivity index is 4.07. The van der Waals surface area contributed by atoms with Gasteiger partial charge in [0.25, 0.3) is 0 Å². The molecule has 1 atom stereocenters. The van der Waals surface area contributed by atoms with Gasteiger partial charge < -0.3 is 14.7 Å². The van der Waals surface area contributed by atoms with Gasteiger partial charge in [-0.05, 0) is 0 Å². The van der Waals surface area contributed by atoms with Gasteiger partial charge in [-0.1, -0.05) is 0 Å². The van der Waals surface area contributed by atoms with E-state index in [1.54, 1.807) is 0 Å². The molecule has 0 aromatic rings. The van der Waals surface area contributed by atoms with E-state index in [2.05, 4.69) is 4.31 Å². The van der Waals surface area contributed by atoms with Crippen LogP contribution in [-0.2, 0) is 13.4 Å². The van der Waals surface area contributed by atoms with Gasteiger partial charge in [0.15, 0.2) is 0 Å². The second-order valence-corrected chi connectivity index (χ2v) is 6.52. The van der Waals surface area contributed by atoms with Crippen LogP contribution < -0.4 is 0 Å². The molecular weight excluding hydrogens is 185 g/mol. The minimum Gasteiger partial charge on any atom is -0.340 e. The molecule has 6 nitrogen and oxygen atoms in total. The SMILES string of the molecule is O=P(O)(O)O[P](=O)(O)[AlH]. The third-order valence-corrected chi connectivity index (χ3v) is 3.14. The Morgan fingerprint density at radius 3 is 1.56 bits per heavy atom. The van der Waals surface area contributed by atoms with Gasteiger partial charge in [-0.15, -0.1) is 0 Å². The van der Waals surface area contributed by atoms with Crippen molar-refractivity contribution in [1.29, 1.82) is 0 Å². The van der Waals surface area contributed by atoms with E-state index < -0.39 is 14.1 Å². The molecule has 1 unspecified atom stereocenters. The molecular formula is H4AlO6P2. The van der Waals surface area contributed by atoms with E-state index in [1.807, 2.05) is 0 Å². The summed E-state index contributed by atoms with van der Waals surface area (Å²) >= 11 is 0.490. The molecule has 0 aliphatic heterocycles. The average Bonchev–Trinajstić information content (AvgIpc) is 1.14. The average molecular weight is 189 g/mol. The highest BCUT2D eigenvalue weighted by Crippen LogP contribution is 2.53. The number of hydrogen-bond acceptors (Lipinski definition) is 3. The topological polar surface area (TPSA) is 104 Å². The fourth-order valence-corrected chi connectivity index (χ4v) is 2.85. The summed E-state index contributed by atoms with van der Waals surface area (Å²) in [5, 5.41) is 0. The first-order chi connectivity index (χ1) is 3.71. The van der Waals surface area contributed by atoms with Crippen molar-refractivity contribution >= 4 is 29.9 Å². The maximum Gasteiger partial charge on any atom is 0.475 e. The van der Waals surface area contributed by atoms with Gasteiger partial charge in [-0.3, -0.25) is 4.57 Å². The molecule has 0 aromatic heterocycles. The van der Waals surface area contributed by atoms with Crippen molar-refractivity contribution in [2.75, 3.05) is 0 Å². The molecule has 0 bridgehead atoms. The summed E-state index contributed by atoms with van der Waals surface area (Å²) in [6.45, 7) is 0. The maximum absolute atomic E-state index is 10.1. The van der Waals surface area contributed by atoms with Gasteiger partial charge in [0.2, 0.25) is 6.24 Å². The van der Waals surface area contributed by atoms with Crippen LogP contribution in [0, 0.1) is 0 Å². The fourth-order valence-electron chi connectivity index (χ4n) is 0.166. The summed E-state index contributed by atoms with van der Waals surface area (Å²) in [5.41, 5.74) is 0. The zero-order chi connectivity index (χ0) is 7.71. The molecule has 3 N–H and O–H groups in total. The minimum atomic E-state index is -4.79. The Hall–Kier alpha value is 0.832. The van der Waals surface area contributed by atoms with Gasteiger partial charge in [0.1, 0.15) is 0 Å². The normalized spacial score (nSPS) is 19.0. The predicted molar refractivity (Wildman–Crippen MR) is 30.1 cm³/mol. The van der Waals surface area contributed by atoms with Gasteiger partial charge in [-0.25, -0.2) is 8.88 Å². The van der Waals surface area contributed by atoms with Crippen molar-refractivity contribution in [1.82, 2.24) is 0 Å². The summed E-state index contributed by atoms with van der Waals surface area (Å²) in [6, 6.07) is 0. The quantitative estimate of drug-likeness (QED) is 0.384. The number of phosphoric acid groups is 1. The van der Waals surface area contributed by atoms with Crippen LogP contribution in [0.2, 0.25) is 0 Å². The van der Waals surface area contributed by atoms with Crippen LogP contribution in [0.25, 0.3) is 0 Å². The third kappa shape index (κ3) is 8.83. The Labute approximate surface area is 58.6 Å². The van der Waals surface area contributed by atoms with Gasteiger partial charge in [0, 0.05) is 0 Å². The molecule has 9 heavy (non-hydrogen) atoms. The van der Waals surface area contributed by atoms with Crippen LogP contribution in [0.4, 0.5) is 0 Å². The maximum atomic E-state index is 10.1. The summed E-state index contributed by atoms with van der Waals surface area (Å²) in [7, 11) is -4.79. The van der Waals surface area contributed by atoms with Crippen molar-refractivity contribution in [3.05, 3.63) is 0 Å². The Bertz CT molecular complexity index is 151. The lowest BCUT2D eigenvalue weighted by atomic mass is 15.7. The third-order valence-electron chi connectivity index (χ3n) is 0.234. The first-order valence-electron chi connectivity index (χ1n) is 1.65. The lowest BCUT2D eigenvalue weighted by molar-refractivity contribution is 0.270. The molecule has 0 saturated carbocycles. The van der Waals surface area contributed by atoms with Gasteiger partial charge in [-0.2, -0.15) is 0 Å². The fraction of sp³-hybridized carbons (Fsp3) is 0. The van der Waals surface area contributed by atoms with E-state index >= 15 is 0 Å². The first-order valence-corrected chi connectivity index (χ1v) is 6.84. The van der Waals surface area contributed by atoms with Gasteiger partial charge >= 0.3 is 23.7 Å². The van der Waals surface area contributed by atoms with E-state index in [0.29, 0.717) is 15.8 Å². The standard InChI is InChI=1S/Al.H2O6P2.H/c;1-7(2)6-8(3,4)5;/h;(H2-,1,2,3,4,5);/q-1;;/p+1. The molecule has 0 aliphatic carbocycles. The van der Waals surface area contributed by atoms with Crippen LogP contribution in [0.5, 0.6) is 0 Å².